The number of hydrogen-bond acceptors (Lipinski definition) is 0. The molecule has 0 rings (SSSR count). The monoisotopic (exact) mass is 324 g/mol. The molecular weight excluding hydrogens is 296 g/mol. The first-order chi connectivity index (χ1) is 7.77. The molecule has 2 nitrogen and oxygen atoms in total. The predicted molar refractivity (Wildman–Crippen MR) is 77.5 cm³/mol. The van der Waals surface area contributed by atoms with Crippen LogP contribution in [-0.2, 0) is 11.4 Å². The van der Waals surface area contributed by atoms with E-state index in [2.05, 4.69) is 6.92 Å². The zero-order valence-corrected chi connectivity index (χ0v) is 13.6. The van der Waals surface area contributed by atoms with Crippen LogP contribution >= 0.6 is 0 Å². The van der Waals surface area contributed by atoms with Crippen LogP contribution in [0.2, 0.25) is 0 Å². The van der Waals surface area contributed by atoms with Gasteiger partial charge in [0.25, 0.3) is 0 Å². The molecule has 0 aliphatic rings. The first-order valence-corrected chi connectivity index (χ1v) is 7.76. The Balaban J connectivity index is 0. The molecule has 0 aromatic carbocycles. The Labute approximate surface area is 122 Å². The third-order valence-electron chi connectivity index (χ3n) is 2.77. The maximum atomic E-state index is 5.37. The van der Waals surface area contributed by atoms with Crippen molar-refractivity contribution < 1.29 is 17.0 Å². The molecule has 0 aromatic heterocycles. The van der Waals surface area contributed by atoms with E-state index in [-0.39, 0.29) is 17.0 Å². The van der Waals surface area contributed by atoms with Crippen LogP contribution in [0, 0.1) is 0 Å². The lowest BCUT2D eigenvalue weighted by Gasteiger charge is -2.00. The minimum atomic E-state index is 0. The van der Waals surface area contributed by atoms with Gasteiger partial charge in [-0.25, -0.2) is 11.5 Å². The summed E-state index contributed by atoms with van der Waals surface area (Å²) < 4.78 is 0. The largest absolute Gasteiger partial charge is 1.00 e. The normalized spacial score (nSPS) is 9.82. The standard InChI is InChI=1S/C13H29N2S.BrH/c1-2-3-4-5-6-7-8-9-10-11-12-16-13(14)15;/h2-12,14-15H2,1H3;1H/q+1;/p-1. The van der Waals surface area contributed by atoms with Crippen LogP contribution in [0.1, 0.15) is 71.1 Å². The number of halogens is 1. The Morgan fingerprint density at radius 3 is 1.59 bits per heavy atom. The van der Waals surface area contributed by atoms with E-state index in [4.69, 9.17) is 11.5 Å². The molecule has 4 heteroatoms. The van der Waals surface area contributed by atoms with Crippen LogP contribution in [0.5, 0.6) is 0 Å². The molecule has 0 saturated heterocycles. The van der Waals surface area contributed by atoms with Crippen molar-refractivity contribution in [3.63, 3.8) is 0 Å². The van der Waals surface area contributed by atoms with Crippen LogP contribution in [-0.4, -0.2) is 10.9 Å². The molecule has 104 valence electrons. The lowest BCUT2D eigenvalue weighted by atomic mass is 10.1. The Hall–Kier alpha value is 0.490. The Morgan fingerprint density at radius 1 is 0.765 bits per heavy atom. The van der Waals surface area contributed by atoms with Gasteiger partial charge in [-0.15, -0.1) is 0 Å². The van der Waals surface area contributed by atoms with Crippen LogP contribution < -0.4 is 28.4 Å². The van der Waals surface area contributed by atoms with Crippen LogP contribution in [0.15, 0.2) is 0 Å². The molecule has 0 spiro atoms. The Kier molecular flexibility index (Phi) is 19.2. The van der Waals surface area contributed by atoms with Gasteiger partial charge in [-0.05, 0) is 6.42 Å². The fourth-order valence-corrected chi connectivity index (χ4v) is 2.36. The summed E-state index contributed by atoms with van der Waals surface area (Å²) in [6.07, 6.45) is 13.8. The molecule has 17 heavy (non-hydrogen) atoms. The predicted octanol–water partition coefficient (Wildman–Crippen LogP) is -0.00130. The summed E-state index contributed by atoms with van der Waals surface area (Å²) in [7, 11) is 0. The number of hydrogen-bond donors (Lipinski definition) is 2. The van der Waals surface area contributed by atoms with Crippen molar-refractivity contribution in [2.24, 2.45) is 11.5 Å². The summed E-state index contributed by atoms with van der Waals surface area (Å²) >= 11 is 1.58. The molecule has 0 fully saturated rings. The van der Waals surface area contributed by atoms with E-state index in [0.29, 0.717) is 5.11 Å². The first kappa shape index (κ1) is 19.8. The van der Waals surface area contributed by atoms with Crippen molar-refractivity contribution in [3.8, 4) is 0 Å². The van der Waals surface area contributed by atoms with E-state index >= 15 is 0 Å². The molecule has 0 atom stereocenters. The molecule has 0 amide bonds. The number of rotatable bonds is 11. The molecule has 0 radical (unpaired) electrons. The summed E-state index contributed by atoms with van der Waals surface area (Å²) in [6.45, 7) is 2.27. The molecule has 4 N–H and O–H groups in total. The van der Waals surface area contributed by atoms with E-state index in [1.54, 1.807) is 11.4 Å². The summed E-state index contributed by atoms with van der Waals surface area (Å²) in [5.74, 6) is 1.08. The van der Waals surface area contributed by atoms with Gasteiger partial charge in [0.05, 0.1) is 0 Å². The van der Waals surface area contributed by atoms with E-state index in [0.717, 1.165) is 5.75 Å². The first-order valence-electron chi connectivity index (χ1n) is 6.78. The fraction of sp³-hybridized carbons (Fsp3) is 0.923. The lowest BCUT2D eigenvalue weighted by molar-refractivity contribution is -0.00000373. The Morgan fingerprint density at radius 2 is 1.18 bits per heavy atom. The van der Waals surface area contributed by atoms with Crippen LogP contribution in [0.4, 0.5) is 0 Å². The van der Waals surface area contributed by atoms with Crippen LogP contribution in [0.25, 0.3) is 0 Å². The zero-order valence-electron chi connectivity index (χ0n) is 11.2. The van der Waals surface area contributed by atoms with Crippen molar-refractivity contribution in [1.29, 1.82) is 0 Å². The van der Waals surface area contributed by atoms with E-state index in [1.807, 2.05) is 0 Å². The third kappa shape index (κ3) is 19.0. The second kappa shape index (κ2) is 16.5. The van der Waals surface area contributed by atoms with Gasteiger partial charge in [-0.1, -0.05) is 58.3 Å². The van der Waals surface area contributed by atoms with Crippen molar-refractivity contribution in [2.45, 2.75) is 71.1 Å². The summed E-state index contributed by atoms with van der Waals surface area (Å²) in [6, 6.07) is 0. The SMILES string of the molecule is CCCCCCCCCCCC[S+]=C(N)N.[Br-]. The van der Waals surface area contributed by atoms with Gasteiger partial charge >= 0.3 is 5.11 Å². The molecule has 0 heterocycles. The zero-order chi connectivity index (χ0) is 12.1. The highest BCUT2D eigenvalue weighted by Gasteiger charge is 1.98. The average molecular weight is 325 g/mol. The summed E-state index contributed by atoms with van der Waals surface area (Å²) in [5, 5.41) is 0.510. The van der Waals surface area contributed by atoms with E-state index in [9.17, 15) is 0 Å². The van der Waals surface area contributed by atoms with E-state index in [1.165, 1.54) is 64.2 Å². The van der Waals surface area contributed by atoms with Crippen molar-refractivity contribution in [1.82, 2.24) is 0 Å². The fourth-order valence-electron chi connectivity index (χ4n) is 1.78. The minimum absolute atomic E-state index is 0. The smallest absolute Gasteiger partial charge is 0.314 e. The maximum absolute atomic E-state index is 5.37. The molecule has 0 saturated carbocycles. The van der Waals surface area contributed by atoms with Gasteiger partial charge in [0.1, 0.15) is 0 Å². The summed E-state index contributed by atoms with van der Waals surface area (Å²) in [5.41, 5.74) is 10.7. The van der Waals surface area contributed by atoms with Gasteiger partial charge in [-0.3, -0.25) is 0 Å². The second-order valence-electron chi connectivity index (χ2n) is 4.43. The number of nitrogens with two attached hydrogens (primary N) is 2. The minimum Gasteiger partial charge on any atom is -1.00 e. The molecule has 0 aromatic rings. The highest BCUT2D eigenvalue weighted by atomic mass is 79.9. The highest BCUT2D eigenvalue weighted by molar-refractivity contribution is 7.78. The molecule has 0 aliphatic heterocycles. The number of unbranched alkanes of at least 4 members (excludes halogenated alkanes) is 9. The van der Waals surface area contributed by atoms with Crippen molar-refractivity contribution >= 4 is 16.5 Å². The van der Waals surface area contributed by atoms with Gasteiger partial charge in [-0.2, -0.15) is 0 Å². The topological polar surface area (TPSA) is 52.0 Å². The highest BCUT2D eigenvalue weighted by Crippen LogP contribution is 2.10. The summed E-state index contributed by atoms with van der Waals surface area (Å²) in [4.78, 5) is 0. The van der Waals surface area contributed by atoms with E-state index < -0.39 is 0 Å². The van der Waals surface area contributed by atoms with Gasteiger partial charge in [0.15, 0.2) is 5.75 Å². The van der Waals surface area contributed by atoms with Gasteiger partial charge < -0.3 is 17.0 Å². The van der Waals surface area contributed by atoms with Gasteiger partial charge in [0, 0.05) is 6.42 Å². The molecular formula is C13H29BrN2S. The average Bonchev–Trinajstić information content (AvgIpc) is 2.25. The quantitative estimate of drug-likeness (QED) is 0.319. The Bertz CT molecular complexity index is 171. The van der Waals surface area contributed by atoms with Crippen molar-refractivity contribution in [2.75, 3.05) is 5.75 Å². The molecule has 0 bridgehead atoms. The maximum Gasteiger partial charge on any atom is 0.314 e. The third-order valence-corrected chi connectivity index (χ3v) is 3.59. The second-order valence-corrected chi connectivity index (χ2v) is 5.60. The van der Waals surface area contributed by atoms with Crippen molar-refractivity contribution in [3.05, 3.63) is 0 Å². The van der Waals surface area contributed by atoms with Gasteiger partial charge in [0.2, 0.25) is 11.4 Å². The molecule has 0 unspecified atom stereocenters. The lowest BCUT2D eigenvalue weighted by Crippen LogP contribution is -3.00. The molecule has 0 aliphatic carbocycles. The van der Waals surface area contributed by atoms with Crippen LogP contribution in [0.3, 0.4) is 0 Å².